The van der Waals surface area contributed by atoms with E-state index in [2.05, 4.69) is 0 Å². The Bertz CT molecular complexity index is 1010. The van der Waals surface area contributed by atoms with E-state index in [4.69, 9.17) is 9.47 Å². The Hall–Kier alpha value is -3.29. The summed E-state index contributed by atoms with van der Waals surface area (Å²) in [7, 11) is 0. The molecule has 1 amide bonds. The van der Waals surface area contributed by atoms with Crippen LogP contribution in [0.5, 0.6) is 11.5 Å². The maximum absolute atomic E-state index is 13.0. The number of hydrogen-bond acceptors (Lipinski definition) is 5. The highest BCUT2D eigenvalue weighted by atomic mass is 16.6. The van der Waals surface area contributed by atoms with Gasteiger partial charge in [-0.05, 0) is 29.7 Å². The predicted octanol–water partition coefficient (Wildman–Crippen LogP) is 1.21. The largest absolute Gasteiger partial charge is 0.486 e. The van der Waals surface area contributed by atoms with E-state index in [1.165, 1.54) is 11.5 Å². The number of ether oxygens (including phenoxy) is 2. The highest BCUT2D eigenvalue weighted by molar-refractivity contribution is 5.90. The van der Waals surface area contributed by atoms with Crippen molar-refractivity contribution >= 4 is 11.9 Å². The number of aromatic nitrogens is 1. The van der Waals surface area contributed by atoms with E-state index in [1.54, 1.807) is 29.3 Å². The number of hydrogen-bond donors (Lipinski definition) is 1. The molecule has 2 aliphatic rings. The SMILES string of the molecule is CC(=O)N1CCc2c(cn(-c3cccc4c3OCCO4)c(=O)c2C(=O)O)C1. The zero-order chi connectivity index (χ0) is 19.1. The highest BCUT2D eigenvalue weighted by Crippen LogP contribution is 2.36. The number of benzene rings is 1. The van der Waals surface area contributed by atoms with Crippen LogP contribution in [0.1, 0.15) is 28.4 Å². The number of amides is 1. The zero-order valence-corrected chi connectivity index (χ0v) is 14.7. The van der Waals surface area contributed by atoms with Gasteiger partial charge in [-0.3, -0.25) is 14.2 Å². The molecule has 0 spiro atoms. The van der Waals surface area contributed by atoms with E-state index < -0.39 is 11.5 Å². The van der Waals surface area contributed by atoms with Crippen LogP contribution in [0.2, 0.25) is 0 Å². The third-order valence-corrected chi connectivity index (χ3v) is 4.86. The van der Waals surface area contributed by atoms with E-state index in [0.717, 1.165) is 0 Å². The minimum atomic E-state index is -1.27. The van der Waals surface area contributed by atoms with Crippen molar-refractivity contribution < 1.29 is 24.2 Å². The molecule has 1 aromatic heterocycles. The molecule has 0 atom stereocenters. The second-order valence-corrected chi connectivity index (χ2v) is 6.48. The molecular weight excluding hydrogens is 352 g/mol. The van der Waals surface area contributed by atoms with Crippen LogP contribution in [-0.2, 0) is 17.8 Å². The van der Waals surface area contributed by atoms with Crippen molar-refractivity contribution in [3.63, 3.8) is 0 Å². The average Bonchev–Trinajstić information content (AvgIpc) is 2.66. The first kappa shape index (κ1) is 17.1. The van der Waals surface area contributed by atoms with E-state index in [9.17, 15) is 19.5 Å². The van der Waals surface area contributed by atoms with Crippen LogP contribution in [0.3, 0.4) is 0 Å². The lowest BCUT2D eigenvalue weighted by molar-refractivity contribution is -0.129. The number of rotatable bonds is 2. The molecule has 0 saturated heterocycles. The Balaban J connectivity index is 1.94. The topological polar surface area (TPSA) is 98.1 Å². The number of carbonyl (C=O) groups is 2. The van der Waals surface area contributed by atoms with Gasteiger partial charge in [-0.15, -0.1) is 0 Å². The lowest BCUT2D eigenvalue weighted by Crippen LogP contribution is -2.38. The van der Waals surface area contributed by atoms with Gasteiger partial charge in [0, 0.05) is 26.2 Å². The molecule has 0 aliphatic carbocycles. The zero-order valence-electron chi connectivity index (χ0n) is 14.7. The molecule has 2 aromatic rings. The van der Waals surface area contributed by atoms with Gasteiger partial charge in [0.25, 0.3) is 5.56 Å². The van der Waals surface area contributed by atoms with Gasteiger partial charge in [0.15, 0.2) is 11.5 Å². The summed E-state index contributed by atoms with van der Waals surface area (Å²) < 4.78 is 12.5. The molecule has 140 valence electrons. The number of carboxylic acids is 1. The fourth-order valence-corrected chi connectivity index (χ4v) is 3.57. The minimum Gasteiger partial charge on any atom is -0.486 e. The van der Waals surface area contributed by atoms with Crippen molar-refractivity contribution in [2.75, 3.05) is 19.8 Å². The van der Waals surface area contributed by atoms with Crippen molar-refractivity contribution in [1.82, 2.24) is 9.47 Å². The number of pyridine rings is 1. The van der Waals surface area contributed by atoms with Gasteiger partial charge in [0.05, 0.1) is 5.69 Å². The molecule has 0 fully saturated rings. The number of fused-ring (bicyclic) bond motifs is 2. The van der Waals surface area contributed by atoms with Crippen molar-refractivity contribution in [1.29, 1.82) is 0 Å². The standard InChI is InChI=1S/C19H18N2O6/c1-11(22)20-6-5-13-12(9-20)10-21(18(23)16(13)19(24)25)14-3-2-4-15-17(14)27-8-7-26-15/h2-4,10H,5-9H2,1H3,(H,24,25). The Kier molecular flexibility index (Phi) is 4.10. The van der Waals surface area contributed by atoms with E-state index in [1.807, 2.05) is 0 Å². The maximum atomic E-state index is 13.0. The number of nitrogens with zero attached hydrogens (tertiary/aromatic N) is 2. The van der Waals surface area contributed by atoms with Gasteiger partial charge in [-0.2, -0.15) is 0 Å². The third kappa shape index (κ3) is 2.83. The summed E-state index contributed by atoms with van der Waals surface area (Å²) in [6.07, 6.45) is 1.94. The third-order valence-electron chi connectivity index (χ3n) is 4.86. The summed E-state index contributed by atoms with van der Waals surface area (Å²) in [4.78, 5) is 38.2. The second kappa shape index (κ2) is 6.46. The lowest BCUT2D eigenvalue weighted by atomic mass is 9.96. The fourth-order valence-electron chi connectivity index (χ4n) is 3.57. The number of para-hydroxylation sites is 1. The molecule has 0 radical (unpaired) electrons. The number of aromatic carboxylic acids is 1. The molecule has 0 unspecified atom stereocenters. The van der Waals surface area contributed by atoms with Crippen LogP contribution in [0.15, 0.2) is 29.2 Å². The van der Waals surface area contributed by atoms with E-state index in [0.29, 0.717) is 54.5 Å². The molecule has 3 heterocycles. The second-order valence-electron chi connectivity index (χ2n) is 6.48. The smallest absolute Gasteiger partial charge is 0.341 e. The Morgan fingerprint density at radius 2 is 1.96 bits per heavy atom. The quantitative estimate of drug-likeness (QED) is 0.853. The van der Waals surface area contributed by atoms with Gasteiger partial charge < -0.3 is 19.5 Å². The van der Waals surface area contributed by atoms with Crippen LogP contribution in [0, 0.1) is 0 Å². The summed E-state index contributed by atoms with van der Waals surface area (Å²) in [6, 6.07) is 5.13. The molecule has 27 heavy (non-hydrogen) atoms. The molecule has 0 saturated carbocycles. The molecule has 0 bridgehead atoms. The van der Waals surface area contributed by atoms with Gasteiger partial charge in [0.1, 0.15) is 18.8 Å². The van der Waals surface area contributed by atoms with Crippen LogP contribution in [0.4, 0.5) is 0 Å². The van der Waals surface area contributed by atoms with Crippen LogP contribution in [-0.4, -0.2) is 46.2 Å². The van der Waals surface area contributed by atoms with Gasteiger partial charge in [-0.25, -0.2) is 4.79 Å². The van der Waals surface area contributed by atoms with Gasteiger partial charge in [0.2, 0.25) is 5.91 Å². The molecule has 8 heteroatoms. The lowest BCUT2D eigenvalue weighted by Gasteiger charge is -2.29. The molecule has 2 aliphatic heterocycles. The summed E-state index contributed by atoms with van der Waals surface area (Å²) in [5.41, 5.74) is 0.665. The Morgan fingerprint density at radius 3 is 2.70 bits per heavy atom. The average molecular weight is 370 g/mol. The number of carbonyl (C=O) groups excluding carboxylic acids is 1. The molecule has 1 N–H and O–H groups in total. The first-order chi connectivity index (χ1) is 13.0. The summed E-state index contributed by atoms with van der Waals surface area (Å²) in [6.45, 7) is 2.87. The monoisotopic (exact) mass is 370 g/mol. The van der Waals surface area contributed by atoms with Crippen LogP contribution >= 0.6 is 0 Å². The summed E-state index contributed by atoms with van der Waals surface area (Å²) in [5.74, 6) is -0.458. The van der Waals surface area contributed by atoms with E-state index >= 15 is 0 Å². The summed E-state index contributed by atoms with van der Waals surface area (Å²) >= 11 is 0. The van der Waals surface area contributed by atoms with Crippen molar-refractivity contribution in [3.8, 4) is 17.2 Å². The molecule has 1 aromatic carbocycles. The minimum absolute atomic E-state index is 0.0934. The highest BCUT2D eigenvalue weighted by Gasteiger charge is 2.28. The van der Waals surface area contributed by atoms with Gasteiger partial charge >= 0.3 is 5.97 Å². The summed E-state index contributed by atoms with van der Waals surface area (Å²) in [5, 5.41) is 9.66. The molecule has 8 nitrogen and oxygen atoms in total. The van der Waals surface area contributed by atoms with E-state index in [-0.39, 0.29) is 18.0 Å². The normalized spacial score (nSPS) is 15.2. The molecule has 4 rings (SSSR count). The Labute approximate surface area is 154 Å². The Morgan fingerprint density at radius 1 is 1.19 bits per heavy atom. The number of carboxylic acid groups (broad SMARTS) is 1. The van der Waals surface area contributed by atoms with Crippen molar-refractivity contribution in [3.05, 3.63) is 51.4 Å². The van der Waals surface area contributed by atoms with Crippen molar-refractivity contribution in [2.45, 2.75) is 19.9 Å². The van der Waals surface area contributed by atoms with Crippen LogP contribution in [0.25, 0.3) is 5.69 Å². The van der Waals surface area contributed by atoms with Gasteiger partial charge in [-0.1, -0.05) is 6.07 Å². The molecular formula is C19H18N2O6. The van der Waals surface area contributed by atoms with Crippen LogP contribution < -0.4 is 15.0 Å². The van der Waals surface area contributed by atoms with Crippen molar-refractivity contribution in [2.24, 2.45) is 0 Å². The maximum Gasteiger partial charge on any atom is 0.341 e. The predicted molar refractivity (Wildman–Crippen MR) is 94.8 cm³/mol. The first-order valence-corrected chi connectivity index (χ1v) is 8.62. The first-order valence-electron chi connectivity index (χ1n) is 8.62. The fraction of sp³-hybridized carbons (Fsp3) is 0.316.